The molecule has 0 atom stereocenters. The Hall–Kier alpha value is -3.62. The van der Waals surface area contributed by atoms with Crippen LogP contribution in [0, 0.1) is 31.3 Å². The molecule has 9 heteroatoms. The van der Waals surface area contributed by atoms with Crippen LogP contribution in [-0.4, -0.2) is 16.0 Å². The van der Waals surface area contributed by atoms with Crippen LogP contribution in [-0.2, 0) is 0 Å². The first-order chi connectivity index (χ1) is 13.3. The Morgan fingerprint density at radius 2 is 1.61 bits per heavy atom. The molecule has 0 spiro atoms. The predicted molar refractivity (Wildman–Crippen MR) is 97.0 cm³/mol. The fraction of sp³-hybridized carbons (Fsp3) is 0.105. The number of aryl methyl sites for hydroxylation is 2. The van der Waals surface area contributed by atoms with Crippen LogP contribution >= 0.6 is 0 Å². The Morgan fingerprint density at radius 3 is 2.29 bits per heavy atom. The topological polar surface area (TPSA) is 76.1 Å². The van der Waals surface area contributed by atoms with E-state index in [4.69, 9.17) is 4.74 Å². The molecule has 0 saturated carbocycles. The summed E-state index contributed by atoms with van der Waals surface area (Å²) in [6, 6.07) is 7.59. The zero-order valence-corrected chi connectivity index (χ0v) is 14.9. The summed E-state index contributed by atoms with van der Waals surface area (Å²) in [5.41, 5.74) is 0.630. The zero-order valence-electron chi connectivity index (χ0n) is 14.9. The van der Waals surface area contributed by atoms with Gasteiger partial charge in [0.1, 0.15) is 11.6 Å². The van der Waals surface area contributed by atoms with Gasteiger partial charge in [-0.25, -0.2) is 18.0 Å². The molecule has 2 amide bonds. The lowest BCUT2D eigenvalue weighted by molar-refractivity contribution is 0.262. The van der Waals surface area contributed by atoms with Crippen LogP contribution in [0.1, 0.15) is 11.4 Å². The monoisotopic (exact) mass is 388 g/mol. The molecule has 0 aliphatic heterocycles. The number of aromatic nitrogens is 2. The van der Waals surface area contributed by atoms with E-state index < -0.39 is 23.5 Å². The first kappa shape index (κ1) is 19.2. The van der Waals surface area contributed by atoms with Gasteiger partial charge in [0.2, 0.25) is 0 Å². The van der Waals surface area contributed by atoms with Crippen LogP contribution in [0.2, 0.25) is 0 Å². The van der Waals surface area contributed by atoms with Crippen LogP contribution in [0.5, 0.6) is 11.8 Å². The van der Waals surface area contributed by atoms with E-state index >= 15 is 0 Å². The minimum Gasteiger partial charge on any atom is -0.421 e. The minimum atomic E-state index is -0.804. The van der Waals surface area contributed by atoms with Crippen molar-refractivity contribution < 1.29 is 22.7 Å². The first-order valence-corrected chi connectivity index (χ1v) is 8.14. The third-order valence-electron chi connectivity index (χ3n) is 3.70. The maximum Gasteiger partial charge on any atom is 0.323 e. The molecule has 0 fully saturated rings. The normalized spacial score (nSPS) is 10.5. The maximum atomic E-state index is 13.7. The van der Waals surface area contributed by atoms with Gasteiger partial charge in [-0.1, -0.05) is 12.1 Å². The highest BCUT2D eigenvalue weighted by Crippen LogP contribution is 2.25. The Morgan fingerprint density at radius 1 is 0.929 bits per heavy atom. The van der Waals surface area contributed by atoms with Gasteiger partial charge in [-0.15, -0.1) is 0 Å². The Balaban J connectivity index is 1.76. The van der Waals surface area contributed by atoms with E-state index in [0.717, 1.165) is 18.2 Å². The quantitative estimate of drug-likeness (QED) is 0.663. The van der Waals surface area contributed by atoms with Gasteiger partial charge in [0.25, 0.3) is 0 Å². The number of hydrogen-bond acceptors (Lipinski definition) is 4. The third kappa shape index (κ3) is 4.37. The fourth-order valence-corrected chi connectivity index (χ4v) is 2.40. The number of nitrogens with zero attached hydrogens (tertiary/aromatic N) is 2. The molecule has 0 bridgehead atoms. The van der Waals surface area contributed by atoms with E-state index in [0.29, 0.717) is 11.4 Å². The van der Waals surface area contributed by atoms with Crippen LogP contribution in [0.25, 0.3) is 0 Å². The van der Waals surface area contributed by atoms with Crippen LogP contribution in [0.3, 0.4) is 0 Å². The van der Waals surface area contributed by atoms with E-state index in [-0.39, 0.29) is 23.1 Å². The van der Waals surface area contributed by atoms with Gasteiger partial charge in [0.15, 0.2) is 11.6 Å². The van der Waals surface area contributed by atoms with Crippen LogP contribution < -0.4 is 15.4 Å². The van der Waals surface area contributed by atoms with Gasteiger partial charge >= 0.3 is 12.0 Å². The fourth-order valence-electron chi connectivity index (χ4n) is 2.40. The molecular weight excluding hydrogens is 373 g/mol. The molecule has 0 aliphatic carbocycles. The van der Waals surface area contributed by atoms with E-state index in [1.807, 2.05) is 0 Å². The van der Waals surface area contributed by atoms with Crippen LogP contribution in [0.4, 0.5) is 29.3 Å². The molecule has 6 nitrogen and oxygen atoms in total. The number of ether oxygens (including phenoxy) is 1. The highest BCUT2D eigenvalue weighted by Gasteiger charge is 2.15. The summed E-state index contributed by atoms with van der Waals surface area (Å²) < 4.78 is 45.9. The van der Waals surface area contributed by atoms with Gasteiger partial charge in [-0.05, 0) is 38.1 Å². The number of carbonyl (C=O) groups is 1. The van der Waals surface area contributed by atoms with Crippen molar-refractivity contribution in [3.63, 3.8) is 0 Å². The predicted octanol–water partition coefficient (Wildman–Crippen LogP) is 4.95. The summed E-state index contributed by atoms with van der Waals surface area (Å²) in [6.07, 6.45) is 0. The second-order valence-electron chi connectivity index (χ2n) is 5.79. The van der Waals surface area contributed by atoms with Gasteiger partial charge in [0.05, 0.1) is 22.8 Å². The third-order valence-corrected chi connectivity index (χ3v) is 3.70. The SMILES string of the molecule is Cc1nc(Oc2ccccc2F)nc(C)c1NC(=O)Nc1cc(F)ccc1F. The molecule has 2 aromatic carbocycles. The van der Waals surface area contributed by atoms with Gasteiger partial charge in [0, 0.05) is 6.07 Å². The summed E-state index contributed by atoms with van der Waals surface area (Å²) >= 11 is 0. The molecule has 0 radical (unpaired) electrons. The number of hydrogen-bond donors (Lipinski definition) is 2. The second kappa shape index (κ2) is 7.95. The van der Waals surface area contributed by atoms with E-state index in [1.165, 1.54) is 18.2 Å². The summed E-state index contributed by atoms with van der Waals surface area (Å²) in [5, 5.41) is 4.70. The number of urea groups is 1. The summed E-state index contributed by atoms with van der Waals surface area (Å²) in [4.78, 5) is 20.3. The number of rotatable bonds is 4. The maximum absolute atomic E-state index is 13.7. The Bertz CT molecular complexity index is 1020. The van der Waals surface area contributed by atoms with Crippen LogP contribution in [0.15, 0.2) is 42.5 Å². The molecule has 144 valence electrons. The molecule has 0 unspecified atom stereocenters. The highest BCUT2D eigenvalue weighted by molar-refractivity contribution is 6.00. The minimum absolute atomic E-state index is 0.0404. The standard InChI is InChI=1S/C19H15F3N4O2/c1-10-17(26-18(27)25-15-9-12(20)7-8-13(15)21)11(2)24-19(23-10)28-16-6-4-3-5-14(16)22/h3-9H,1-2H3,(H2,25,26,27). The number of para-hydroxylation sites is 1. The van der Waals surface area contributed by atoms with Crippen molar-refractivity contribution in [3.8, 4) is 11.8 Å². The molecule has 2 N–H and O–H groups in total. The van der Waals surface area contributed by atoms with Crippen molar-refractivity contribution in [3.05, 3.63) is 71.3 Å². The molecule has 1 heterocycles. The van der Waals surface area contributed by atoms with Gasteiger partial charge in [-0.3, -0.25) is 0 Å². The average molecular weight is 388 g/mol. The second-order valence-corrected chi connectivity index (χ2v) is 5.79. The number of anilines is 2. The molecule has 1 aromatic heterocycles. The Labute approximate surface area is 158 Å². The summed E-state index contributed by atoms with van der Waals surface area (Å²) in [5.74, 6) is -2.08. The number of carbonyl (C=O) groups excluding carboxylic acids is 1. The number of benzene rings is 2. The van der Waals surface area contributed by atoms with Gasteiger partial charge in [-0.2, -0.15) is 9.97 Å². The lowest BCUT2D eigenvalue weighted by Crippen LogP contribution is -2.22. The molecule has 28 heavy (non-hydrogen) atoms. The number of nitrogens with one attached hydrogen (secondary N) is 2. The molecule has 3 aromatic rings. The van der Waals surface area contributed by atoms with Crippen molar-refractivity contribution in [1.82, 2.24) is 9.97 Å². The van der Waals surface area contributed by atoms with E-state index in [1.54, 1.807) is 19.9 Å². The van der Waals surface area contributed by atoms with Gasteiger partial charge < -0.3 is 15.4 Å². The van der Waals surface area contributed by atoms with Crippen molar-refractivity contribution in [2.24, 2.45) is 0 Å². The van der Waals surface area contributed by atoms with Crippen molar-refractivity contribution >= 4 is 17.4 Å². The smallest absolute Gasteiger partial charge is 0.323 e. The average Bonchev–Trinajstić information content (AvgIpc) is 2.63. The first-order valence-electron chi connectivity index (χ1n) is 8.14. The number of halogens is 3. The molecule has 3 rings (SSSR count). The van der Waals surface area contributed by atoms with E-state index in [2.05, 4.69) is 20.6 Å². The lowest BCUT2D eigenvalue weighted by atomic mass is 10.3. The summed E-state index contributed by atoms with van der Waals surface area (Å²) in [7, 11) is 0. The van der Waals surface area contributed by atoms with E-state index in [9.17, 15) is 18.0 Å². The summed E-state index contributed by atoms with van der Waals surface area (Å²) in [6.45, 7) is 3.17. The molecule has 0 saturated heterocycles. The zero-order chi connectivity index (χ0) is 20.3. The van der Waals surface area contributed by atoms with Crippen molar-refractivity contribution in [2.45, 2.75) is 13.8 Å². The van der Waals surface area contributed by atoms with Crippen molar-refractivity contribution in [2.75, 3.05) is 10.6 Å². The van der Waals surface area contributed by atoms with Crippen molar-refractivity contribution in [1.29, 1.82) is 0 Å². The molecule has 0 aliphatic rings. The Kier molecular flexibility index (Phi) is 5.44. The molecular formula is C19H15F3N4O2. The lowest BCUT2D eigenvalue weighted by Gasteiger charge is -2.13. The largest absolute Gasteiger partial charge is 0.421 e. The highest BCUT2D eigenvalue weighted by atomic mass is 19.1. The number of amides is 2.